The average Bonchev–Trinajstić information content (AvgIpc) is 2.77. The van der Waals surface area contributed by atoms with Crippen LogP contribution >= 0.6 is 11.6 Å². The van der Waals surface area contributed by atoms with Crippen LogP contribution in [0.5, 0.6) is 0 Å². The first-order valence-corrected chi connectivity index (χ1v) is 8.80. The molecule has 114 valence electrons. The van der Waals surface area contributed by atoms with Crippen LogP contribution in [0.3, 0.4) is 0 Å². The van der Waals surface area contributed by atoms with E-state index in [0.29, 0.717) is 28.7 Å². The van der Waals surface area contributed by atoms with E-state index in [1.54, 1.807) is 24.3 Å². The summed E-state index contributed by atoms with van der Waals surface area (Å²) < 4.78 is 29.2. The summed E-state index contributed by atoms with van der Waals surface area (Å²) in [6.07, 6.45) is 0.667. The average molecular weight is 329 g/mol. The van der Waals surface area contributed by atoms with Crippen molar-refractivity contribution in [3.8, 4) is 0 Å². The molecular weight excluding hydrogens is 312 g/mol. The van der Waals surface area contributed by atoms with Crippen molar-refractivity contribution in [1.29, 1.82) is 0 Å². The molecule has 0 aliphatic carbocycles. The first-order chi connectivity index (χ1) is 9.84. The topological polar surface area (TPSA) is 73.1 Å². The van der Waals surface area contributed by atoms with Gasteiger partial charge in [-0.05, 0) is 23.6 Å². The Kier molecular flexibility index (Phi) is 5.00. The van der Waals surface area contributed by atoms with Crippen LogP contribution in [0.4, 0.5) is 0 Å². The predicted molar refractivity (Wildman–Crippen MR) is 80.6 cm³/mol. The van der Waals surface area contributed by atoms with Gasteiger partial charge in [-0.25, -0.2) is 8.42 Å². The monoisotopic (exact) mass is 328 g/mol. The molecule has 0 amide bonds. The number of halogens is 1. The second-order valence-electron chi connectivity index (χ2n) is 5.36. The molecule has 0 atom stereocenters. The molecule has 0 fully saturated rings. The Labute approximate surface area is 129 Å². The highest BCUT2D eigenvalue weighted by atomic mass is 35.5. The number of hydrogen-bond donors (Lipinski definition) is 0. The molecule has 0 unspecified atom stereocenters. The van der Waals surface area contributed by atoms with Gasteiger partial charge in [-0.1, -0.05) is 42.7 Å². The van der Waals surface area contributed by atoms with Crippen molar-refractivity contribution in [3.05, 3.63) is 46.6 Å². The largest absolute Gasteiger partial charge is 0.338 e. The lowest BCUT2D eigenvalue weighted by Crippen LogP contribution is -2.08. The van der Waals surface area contributed by atoms with Crippen molar-refractivity contribution in [2.24, 2.45) is 5.92 Å². The Morgan fingerprint density at radius 3 is 2.48 bits per heavy atom. The van der Waals surface area contributed by atoms with Crippen LogP contribution in [0.2, 0.25) is 5.02 Å². The molecule has 7 heteroatoms. The van der Waals surface area contributed by atoms with Gasteiger partial charge in [-0.2, -0.15) is 4.98 Å². The van der Waals surface area contributed by atoms with Crippen LogP contribution in [0.15, 0.2) is 28.8 Å². The highest BCUT2D eigenvalue weighted by Crippen LogP contribution is 2.15. The zero-order valence-electron chi connectivity index (χ0n) is 11.9. The number of sulfone groups is 1. The van der Waals surface area contributed by atoms with E-state index < -0.39 is 9.84 Å². The molecule has 2 aromatic rings. The van der Waals surface area contributed by atoms with Crippen LogP contribution in [0.25, 0.3) is 0 Å². The van der Waals surface area contributed by atoms with Crippen LogP contribution in [-0.2, 0) is 27.8 Å². The molecule has 0 saturated carbocycles. The van der Waals surface area contributed by atoms with Gasteiger partial charge in [0.05, 0.1) is 5.75 Å². The maximum Gasteiger partial charge on any atom is 0.241 e. The van der Waals surface area contributed by atoms with Crippen molar-refractivity contribution in [2.45, 2.75) is 31.8 Å². The van der Waals surface area contributed by atoms with Crippen molar-refractivity contribution < 1.29 is 12.9 Å². The molecule has 5 nitrogen and oxygen atoms in total. The van der Waals surface area contributed by atoms with Gasteiger partial charge >= 0.3 is 0 Å². The molecule has 1 heterocycles. The van der Waals surface area contributed by atoms with Crippen LogP contribution in [0, 0.1) is 5.92 Å². The quantitative estimate of drug-likeness (QED) is 0.814. The van der Waals surface area contributed by atoms with Crippen LogP contribution in [-0.4, -0.2) is 18.6 Å². The van der Waals surface area contributed by atoms with Crippen LogP contribution < -0.4 is 0 Å². The summed E-state index contributed by atoms with van der Waals surface area (Å²) >= 11 is 5.77. The van der Waals surface area contributed by atoms with E-state index in [-0.39, 0.29) is 17.4 Å². The first-order valence-electron chi connectivity index (χ1n) is 6.60. The zero-order valence-corrected chi connectivity index (χ0v) is 13.5. The van der Waals surface area contributed by atoms with Crippen molar-refractivity contribution in [3.63, 3.8) is 0 Å². The van der Waals surface area contributed by atoms with Gasteiger partial charge in [0.25, 0.3) is 0 Å². The maximum atomic E-state index is 12.1. The third-order valence-corrected chi connectivity index (χ3v) is 4.46. The van der Waals surface area contributed by atoms with Gasteiger partial charge in [0, 0.05) is 11.4 Å². The summed E-state index contributed by atoms with van der Waals surface area (Å²) in [6, 6.07) is 6.72. The highest BCUT2D eigenvalue weighted by molar-refractivity contribution is 7.89. The molecule has 21 heavy (non-hydrogen) atoms. The number of benzene rings is 1. The predicted octanol–water partition coefficient (Wildman–Crippen LogP) is 3.04. The van der Waals surface area contributed by atoms with Gasteiger partial charge in [0.15, 0.2) is 15.7 Å². The highest BCUT2D eigenvalue weighted by Gasteiger charge is 2.18. The molecule has 0 radical (unpaired) electrons. The van der Waals surface area contributed by atoms with E-state index in [4.69, 9.17) is 16.1 Å². The number of rotatable bonds is 6. The normalized spacial score (nSPS) is 12.0. The lowest BCUT2D eigenvalue weighted by molar-refractivity contribution is 0.380. The molecule has 0 N–H and O–H groups in total. The van der Waals surface area contributed by atoms with E-state index in [1.807, 2.05) is 13.8 Å². The van der Waals surface area contributed by atoms with E-state index in [2.05, 4.69) is 10.1 Å². The lowest BCUT2D eigenvalue weighted by atomic mass is 10.1. The molecule has 1 aromatic heterocycles. The van der Waals surface area contributed by atoms with E-state index >= 15 is 0 Å². The number of hydrogen-bond acceptors (Lipinski definition) is 5. The van der Waals surface area contributed by atoms with Gasteiger partial charge < -0.3 is 4.52 Å². The van der Waals surface area contributed by atoms with Gasteiger partial charge in [0.1, 0.15) is 5.75 Å². The number of nitrogens with zero attached hydrogens (tertiary/aromatic N) is 2. The van der Waals surface area contributed by atoms with Crippen molar-refractivity contribution in [2.75, 3.05) is 0 Å². The molecule has 0 saturated heterocycles. The van der Waals surface area contributed by atoms with E-state index in [9.17, 15) is 8.42 Å². The second-order valence-corrected chi connectivity index (χ2v) is 7.86. The lowest BCUT2D eigenvalue weighted by Gasteiger charge is -2.02. The summed E-state index contributed by atoms with van der Waals surface area (Å²) in [5, 5.41) is 4.37. The standard InChI is InChI=1S/C14H17ClN2O3S/c1-10(2)7-13-16-14(20-17-13)9-21(18,19)8-11-3-5-12(15)6-4-11/h3-6,10H,7-9H2,1-2H3. The fraction of sp³-hybridized carbons (Fsp3) is 0.429. The first kappa shape index (κ1) is 16.0. The zero-order chi connectivity index (χ0) is 15.5. The molecular formula is C14H17ClN2O3S. The third kappa shape index (κ3) is 5.13. The SMILES string of the molecule is CC(C)Cc1noc(CS(=O)(=O)Cc2ccc(Cl)cc2)n1. The molecule has 0 spiro atoms. The smallest absolute Gasteiger partial charge is 0.241 e. The van der Waals surface area contributed by atoms with E-state index in [1.165, 1.54) is 0 Å². The summed E-state index contributed by atoms with van der Waals surface area (Å²) in [5.74, 6) is 0.745. The second kappa shape index (κ2) is 6.58. The summed E-state index contributed by atoms with van der Waals surface area (Å²) in [7, 11) is -3.36. The third-order valence-electron chi connectivity index (χ3n) is 2.74. The Hall–Kier alpha value is -1.40. The fourth-order valence-electron chi connectivity index (χ4n) is 1.87. The Morgan fingerprint density at radius 1 is 1.19 bits per heavy atom. The summed E-state index contributed by atoms with van der Waals surface area (Å²) in [5.41, 5.74) is 0.682. The van der Waals surface area contributed by atoms with Crippen molar-refractivity contribution in [1.82, 2.24) is 10.1 Å². The van der Waals surface area contributed by atoms with Crippen molar-refractivity contribution >= 4 is 21.4 Å². The Bertz CT molecular complexity index is 693. The number of aromatic nitrogens is 2. The summed E-state index contributed by atoms with van der Waals surface area (Å²) in [4.78, 5) is 4.11. The minimum atomic E-state index is -3.36. The molecule has 2 rings (SSSR count). The van der Waals surface area contributed by atoms with E-state index in [0.717, 1.165) is 0 Å². The van der Waals surface area contributed by atoms with Gasteiger partial charge in [0.2, 0.25) is 5.89 Å². The molecule has 0 aliphatic rings. The maximum absolute atomic E-state index is 12.1. The fourth-order valence-corrected chi connectivity index (χ4v) is 3.29. The Balaban J connectivity index is 2.03. The molecule has 0 bridgehead atoms. The summed E-state index contributed by atoms with van der Waals surface area (Å²) in [6.45, 7) is 4.07. The Morgan fingerprint density at radius 2 is 1.86 bits per heavy atom. The molecule has 1 aromatic carbocycles. The molecule has 0 aliphatic heterocycles. The minimum Gasteiger partial charge on any atom is -0.338 e. The van der Waals surface area contributed by atoms with Gasteiger partial charge in [-0.15, -0.1) is 0 Å². The van der Waals surface area contributed by atoms with Crippen LogP contribution in [0.1, 0.15) is 31.1 Å². The minimum absolute atomic E-state index is 0.0773. The van der Waals surface area contributed by atoms with Gasteiger partial charge in [-0.3, -0.25) is 0 Å².